The molecule has 320 valence electrons. The Labute approximate surface area is 342 Å². The number of carbonyl (C=O) groups is 5. The molecule has 59 heavy (non-hydrogen) atoms. The highest BCUT2D eigenvalue weighted by atomic mass is 16.7. The second-order valence-electron chi connectivity index (χ2n) is 16.6. The summed E-state index contributed by atoms with van der Waals surface area (Å²) in [5.74, 6) is -9.25. The van der Waals surface area contributed by atoms with Crippen LogP contribution in [0.4, 0.5) is 0 Å². The molecule has 16 nitrogen and oxygen atoms in total. The smallest absolute Gasteiger partial charge is 0.312 e. The molecule has 0 aromatic heterocycles. The van der Waals surface area contributed by atoms with Gasteiger partial charge in [-0.05, 0) is 57.8 Å². The maximum atomic E-state index is 14.5. The molecule has 1 aromatic rings. The number of aromatic hydroxyl groups is 1. The molecule has 5 bridgehead atoms. The Bertz CT molecular complexity index is 2050. The van der Waals surface area contributed by atoms with Gasteiger partial charge in [-0.15, -0.1) is 0 Å². The van der Waals surface area contributed by atoms with E-state index in [4.69, 9.17) is 28.7 Å². The number of methoxy groups -OCH3 is 1. The number of aliphatic imine (C=N–C) groups is 1. The normalized spacial score (nSPS) is 38.6. The number of aliphatic hydroxyl groups excluding tert-OH is 3. The van der Waals surface area contributed by atoms with Crippen molar-refractivity contribution in [2.75, 3.05) is 7.11 Å². The summed E-state index contributed by atoms with van der Waals surface area (Å²) in [5.41, 5.74) is -0.683. The first-order valence-electron chi connectivity index (χ1n) is 20.0. The summed E-state index contributed by atoms with van der Waals surface area (Å²) in [6.45, 7) is 12.2. The van der Waals surface area contributed by atoms with Gasteiger partial charge >= 0.3 is 11.8 Å². The number of amides is 1. The fourth-order valence-corrected chi connectivity index (χ4v) is 8.69. The van der Waals surface area contributed by atoms with Crippen molar-refractivity contribution >= 4 is 34.9 Å². The van der Waals surface area contributed by atoms with Crippen LogP contribution < -0.4 is 10.1 Å². The molecule has 2 fully saturated rings. The van der Waals surface area contributed by atoms with Gasteiger partial charge < -0.3 is 49.4 Å². The quantitative estimate of drug-likeness (QED) is 0.276. The van der Waals surface area contributed by atoms with Gasteiger partial charge in [-0.25, -0.2) is 0 Å². The number of phenolic OH excluding ortho intramolecular Hbond substituents is 1. The second-order valence-corrected chi connectivity index (χ2v) is 16.6. The van der Waals surface area contributed by atoms with Gasteiger partial charge in [0.15, 0.2) is 12.1 Å². The van der Waals surface area contributed by atoms with Gasteiger partial charge in [0.05, 0.1) is 59.3 Å². The van der Waals surface area contributed by atoms with Crippen molar-refractivity contribution in [3.63, 3.8) is 0 Å². The lowest BCUT2D eigenvalue weighted by molar-refractivity contribution is -0.162. The number of hydrogen-bond donors (Lipinski definition) is 5. The third-order valence-electron chi connectivity index (χ3n) is 12.4. The van der Waals surface area contributed by atoms with E-state index in [1.165, 1.54) is 53.2 Å². The van der Waals surface area contributed by atoms with E-state index < -0.39 is 113 Å². The lowest BCUT2D eigenvalue weighted by atomic mass is 9.79. The highest BCUT2D eigenvalue weighted by molar-refractivity contribution is 6.32. The monoisotopic (exact) mass is 822 g/mol. The van der Waals surface area contributed by atoms with Crippen molar-refractivity contribution in [2.45, 2.75) is 123 Å². The minimum atomic E-state index is -2.03. The lowest BCUT2D eigenvalue weighted by Crippen LogP contribution is -2.46. The van der Waals surface area contributed by atoms with Crippen LogP contribution in [0.5, 0.6) is 11.5 Å². The van der Waals surface area contributed by atoms with Gasteiger partial charge in [0.25, 0.3) is 11.7 Å². The molecule has 0 unspecified atom stereocenters. The van der Waals surface area contributed by atoms with E-state index in [1.54, 1.807) is 27.7 Å². The number of hydrogen-bond acceptors (Lipinski definition) is 15. The van der Waals surface area contributed by atoms with Gasteiger partial charge in [0.2, 0.25) is 5.78 Å². The van der Waals surface area contributed by atoms with Crippen LogP contribution in [0.25, 0.3) is 0 Å². The number of aliphatic hydroxyl groups is 3. The number of Topliss-reactive ketones (excluding diaryl/α,β-unsaturated/α-hetero) is 2. The van der Waals surface area contributed by atoms with Crippen molar-refractivity contribution in [2.24, 2.45) is 34.6 Å². The third-order valence-corrected chi connectivity index (χ3v) is 12.4. The molecule has 16 heteroatoms. The molecule has 7 rings (SSSR count). The van der Waals surface area contributed by atoms with Crippen molar-refractivity contribution < 1.29 is 68.1 Å². The van der Waals surface area contributed by atoms with Crippen molar-refractivity contribution in [3.8, 4) is 11.5 Å². The number of esters is 1. The van der Waals surface area contributed by atoms with Crippen LogP contribution in [0.2, 0.25) is 0 Å². The van der Waals surface area contributed by atoms with Gasteiger partial charge in [0, 0.05) is 67.7 Å². The van der Waals surface area contributed by atoms with Crippen LogP contribution in [-0.4, -0.2) is 111 Å². The van der Waals surface area contributed by atoms with E-state index in [1.807, 2.05) is 0 Å². The third kappa shape index (κ3) is 8.25. The maximum Gasteiger partial charge on any atom is 0.312 e. The summed E-state index contributed by atoms with van der Waals surface area (Å²) in [7, 11) is 1.42. The summed E-state index contributed by atoms with van der Waals surface area (Å²) in [5, 5.41) is 47.2. The molecule has 0 spiro atoms. The van der Waals surface area contributed by atoms with Crippen molar-refractivity contribution in [1.82, 2.24) is 5.32 Å². The number of ether oxygens (including phenoxy) is 5. The Morgan fingerprint density at radius 1 is 0.949 bits per heavy atom. The number of carbonyl (C=O) groups excluding carboxylic acids is 5. The van der Waals surface area contributed by atoms with Crippen LogP contribution in [0.3, 0.4) is 0 Å². The minimum absolute atomic E-state index is 0.0441. The van der Waals surface area contributed by atoms with E-state index in [-0.39, 0.29) is 51.4 Å². The predicted octanol–water partition coefficient (Wildman–Crippen LogP) is 3.14. The van der Waals surface area contributed by atoms with Crippen LogP contribution in [0.1, 0.15) is 99.6 Å². The second kappa shape index (κ2) is 16.7. The molecular formula is C43H54N2O14. The predicted molar refractivity (Wildman–Crippen MR) is 209 cm³/mol. The van der Waals surface area contributed by atoms with Crippen LogP contribution in [-0.2, 0) is 33.3 Å². The van der Waals surface area contributed by atoms with E-state index >= 15 is 0 Å². The number of nitrogens with zero attached hydrogens (tertiary/aromatic N) is 1. The summed E-state index contributed by atoms with van der Waals surface area (Å²) in [6, 6.07) is -0.576. The van der Waals surface area contributed by atoms with Crippen LogP contribution in [0.15, 0.2) is 40.8 Å². The Hall–Kier alpha value is -4.74. The summed E-state index contributed by atoms with van der Waals surface area (Å²) in [4.78, 5) is 73.1. The van der Waals surface area contributed by atoms with E-state index in [9.17, 15) is 44.4 Å². The number of rotatable bonds is 3. The zero-order chi connectivity index (χ0) is 43.4. The highest BCUT2D eigenvalue weighted by Crippen LogP contribution is 2.49. The number of ketones is 3. The van der Waals surface area contributed by atoms with Crippen LogP contribution >= 0.6 is 0 Å². The molecule has 1 aromatic carbocycles. The van der Waals surface area contributed by atoms with Crippen LogP contribution in [0, 0.1) is 36.5 Å². The molecule has 1 saturated carbocycles. The maximum absolute atomic E-state index is 14.5. The highest BCUT2D eigenvalue weighted by Gasteiger charge is 2.52. The number of nitrogens with one attached hydrogen (secondary N) is 1. The van der Waals surface area contributed by atoms with Crippen molar-refractivity contribution in [3.05, 3.63) is 58.0 Å². The molecule has 2 aliphatic carbocycles. The Morgan fingerprint density at radius 3 is 2.29 bits per heavy atom. The molecule has 0 radical (unpaired) electrons. The van der Waals surface area contributed by atoms with Gasteiger partial charge in [-0.1, -0.05) is 20.8 Å². The molecule has 4 aliphatic heterocycles. The van der Waals surface area contributed by atoms with Gasteiger partial charge in [0.1, 0.15) is 17.6 Å². The Kier molecular flexibility index (Phi) is 12.4. The topological polar surface area (TPSA) is 237 Å². The molecular weight excluding hydrogens is 768 g/mol. The van der Waals surface area contributed by atoms with E-state index in [2.05, 4.69) is 5.32 Å². The summed E-state index contributed by atoms with van der Waals surface area (Å²) < 4.78 is 29.3. The fourth-order valence-electron chi connectivity index (χ4n) is 8.69. The number of allylic oxidation sites excluding steroid dienone is 3. The largest absolute Gasteiger partial charge is 0.507 e. The van der Waals surface area contributed by atoms with Gasteiger partial charge in [-0.2, -0.15) is 0 Å². The molecule has 6 aliphatic rings. The molecule has 13 atom stereocenters. The molecule has 1 amide bonds. The first-order chi connectivity index (χ1) is 27.7. The average molecular weight is 823 g/mol. The average Bonchev–Trinajstić information content (AvgIpc) is 3.94. The molecule has 5 N–H and O–H groups in total. The molecule has 1 saturated heterocycles. The summed E-state index contributed by atoms with van der Waals surface area (Å²) >= 11 is 0. The molecule has 4 heterocycles. The first kappa shape index (κ1) is 43.8. The fraction of sp³-hybridized carbons (Fsp3) is 0.581. The van der Waals surface area contributed by atoms with E-state index in [0.717, 1.165) is 6.08 Å². The van der Waals surface area contributed by atoms with Gasteiger partial charge in [-0.3, -0.25) is 29.0 Å². The standard InChI is InChI=1S/C43H54N2O14/c1-17-14-29(47)24-15-25(24)36(50)19(3)35(49)20(4)39(58-23(7)46)18(2)30(55-9)12-13-56-43(8)41(53)34-32-27(44-26-10-11-31(48)57-22(26)6)16-28(45-42(17)54)38(52)33(32)37(51)21(5)40(34)59-43/h12-14,16,18-20,22,24-26,30-31,35-36,39,48-51H,10-11,15H2,1-9H3,(H,45,54)/b13-12+,17-14-,44-27?/t18-,19-,20+,22-,24+,25-,26+,30+,31-,35-,36+,39+,43-/m0/s1. The van der Waals surface area contributed by atoms with Crippen molar-refractivity contribution in [1.29, 1.82) is 0 Å². The minimum Gasteiger partial charge on any atom is -0.507 e. The Balaban J connectivity index is 1.48. The zero-order valence-corrected chi connectivity index (χ0v) is 34.7. The Morgan fingerprint density at radius 2 is 1.64 bits per heavy atom. The zero-order valence-electron chi connectivity index (χ0n) is 34.7. The van der Waals surface area contributed by atoms with E-state index in [0.29, 0.717) is 12.8 Å². The first-order valence-corrected chi connectivity index (χ1v) is 20.0. The lowest BCUT2D eigenvalue weighted by Gasteiger charge is -2.37. The SMILES string of the molecule is CO[C@@H]1/C=C/O[C@@]2(C)Oc3c(C)c(O)c4c(c3C2=O)C(=N[C@@H]2CC[C@@H](O)O[C@H]2C)C=C(NC(=O)/C(C)=C\C(=O)[C@@H]2C[C@@H]2[C@H](O)[C@@H](C)[C@H](O)[C@@H](C)[C@H](OC(C)=O)[C@H]1C)C4=O. The number of phenols is 1. The number of benzene rings is 1. The number of fused-ring (bicyclic) bond motifs is 12. The summed E-state index contributed by atoms with van der Waals surface area (Å²) in [6.07, 6.45) is 0.385.